The van der Waals surface area contributed by atoms with Gasteiger partial charge in [-0.3, -0.25) is 0 Å². The van der Waals surface area contributed by atoms with Crippen molar-refractivity contribution in [1.29, 1.82) is 0 Å². The molecule has 0 unspecified atom stereocenters. The maximum absolute atomic E-state index is 2.38. The Morgan fingerprint density at radius 1 is 0.341 bits per heavy atom. The van der Waals surface area contributed by atoms with Gasteiger partial charge >= 0.3 is 0 Å². The minimum atomic E-state index is 0.159. The van der Waals surface area contributed by atoms with E-state index in [1.54, 1.807) is 0 Å². The molecule has 6 aromatic rings. The molecule has 8 rings (SSSR count). The van der Waals surface area contributed by atoms with Crippen molar-refractivity contribution in [2.75, 3.05) is 0 Å². The largest absolute Gasteiger partial charge is 0.0887 e. The Labute approximate surface area is 269 Å². The minimum absolute atomic E-state index is 0.159. The number of hydrogen-bond donors (Lipinski definition) is 0. The lowest BCUT2D eigenvalue weighted by Gasteiger charge is -2.27. The van der Waals surface area contributed by atoms with Crippen molar-refractivity contribution >= 4 is 34.3 Å². The average molecular weight is 605 g/mol. The Kier molecular flexibility index (Phi) is 6.25. The van der Waals surface area contributed by atoms with Crippen LogP contribution in [0.1, 0.15) is 52.7 Å². The lowest BCUT2D eigenvalue weighted by Crippen LogP contribution is -2.10. The molecule has 0 saturated heterocycles. The fourth-order valence-electron chi connectivity index (χ4n) is 6.63. The van der Waals surface area contributed by atoms with Gasteiger partial charge in [0, 0.05) is 30.4 Å². The van der Waals surface area contributed by atoms with Crippen LogP contribution in [0.4, 0.5) is 0 Å². The zero-order chi connectivity index (χ0) is 30.4. The predicted molar refractivity (Wildman–Crippen MR) is 191 cm³/mol. The molecule has 6 aromatic carbocycles. The van der Waals surface area contributed by atoms with Gasteiger partial charge in [0.1, 0.15) is 0 Å². The van der Waals surface area contributed by atoms with Crippen LogP contribution in [-0.4, -0.2) is 0 Å². The van der Waals surface area contributed by atoms with E-state index in [9.17, 15) is 0 Å². The Balaban J connectivity index is 1.18. The first kappa shape index (κ1) is 27.8. The minimum Gasteiger partial charge on any atom is -0.0887 e. The molecule has 0 spiro atoms. The number of rotatable bonds is 2. The van der Waals surface area contributed by atoms with E-state index < -0.39 is 0 Å². The normalized spacial score (nSPS) is 13.5. The molecule has 2 aliphatic rings. The van der Waals surface area contributed by atoms with Crippen molar-refractivity contribution in [2.24, 2.45) is 0 Å². The van der Waals surface area contributed by atoms with Crippen molar-refractivity contribution in [3.8, 4) is 44.5 Å². The molecule has 2 heteroatoms. The van der Waals surface area contributed by atoms with Gasteiger partial charge in [0.15, 0.2) is 0 Å². The highest BCUT2D eigenvalue weighted by molar-refractivity contribution is 8.00. The molecule has 0 fully saturated rings. The monoisotopic (exact) mass is 604 g/mol. The Morgan fingerprint density at radius 3 is 1.05 bits per heavy atom. The van der Waals surface area contributed by atoms with E-state index in [1.807, 2.05) is 23.5 Å². The summed E-state index contributed by atoms with van der Waals surface area (Å²) < 4.78 is 0. The highest BCUT2D eigenvalue weighted by Crippen LogP contribution is 2.56. The van der Waals surface area contributed by atoms with Gasteiger partial charge < -0.3 is 0 Å². The molecule has 0 nitrogen and oxygen atoms in total. The average Bonchev–Trinajstić information content (AvgIpc) is 3.01. The van der Waals surface area contributed by atoms with Gasteiger partial charge in [0.25, 0.3) is 0 Å². The van der Waals surface area contributed by atoms with Gasteiger partial charge in [-0.15, -0.1) is 0 Å². The Hall–Kier alpha value is -3.72. The van der Waals surface area contributed by atoms with Crippen molar-refractivity contribution in [1.82, 2.24) is 0 Å². The lowest BCUT2D eigenvalue weighted by atomic mass is 9.86. The smallest absolute Gasteiger partial charge is 0.0208 e. The lowest BCUT2D eigenvalue weighted by molar-refractivity contribution is 0.590. The maximum atomic E-state index is 2.38. The summed E-state index contributed by atoms with van der Waals surface area (Å²) in [5.74, 6) is 0. The van der Waals surface area contributed by atoms with E-state index in [0.717, 1.165) is 0 Å². The van der Waals surface area contributed by atoms with Gasteiger partial charge in [-0.05, 0) is 90.7 Å². The van der Waals surface area contributed by atoms with Gasteiger partial charge in [-0.1, -0.05) is 150 Å². The second-order valence-electron chi connectivity index (χ2n) is 14.3. The van der Waals surface area contributed by atoms with E-state index in [-0.39, 0.29) is 10.8 Å². The van der Waals surface area contributed by atoms with Crippen LogP contribution in [0.2, 0.25) is 0 Å². The zero-order valence-electron chi connectivity index (χ0n) is 26.2. The summed E-state index contributed by atoms with van der Waals surface area (Å²) in [5.41, 5.74) is 13.5. The first-order valence-electron chi connectivity index (χ1n) is 15.5. The maximum Gasteiger partial charge on any atom is 0.0208 e. The first-order valence-corrected chi connectivity index (χ1v) is 17.1. The van der Waals surface area contributed by atoms with Crippen LogP contribution in [-0.2, 0) is 10.8 Å². The molecule has 0 atom stereocenters. The number of hydrogen-bond acceptors (Lipinski definition) is 2. The first-order chi connectivity index (χ1) is 21.0. The molecular weight excluding hydrogens is 569 g/mol. The molecule has 0 saturated carbocycles. The summed E-state index contributed by atoms with van der Waals surface area (Å²) in [6.07, 6.45) is 0. The van der Waals surface area contributed by atoms with E-state index >= 15 is 0 Å². The highest BCUT2D eigenvalue weighted by atomic mass is 32.2. The quantitative estimate of drug-likeness (QED) is 0.192. The molecule has 2 aliphatic heterocycles. The summed E-state index contributed by atoms with van der Waals surface area (Å²) in [4.78, 5) is 5.38. The van der Waals surface area contributed by atoms with Crippen LogP contribution < -0.4 is 0 Å². The van der Waals surface area contributed by atoms with Crippen molar-refractivity contribution in [3.63, 3.8) is 0 Å². The molecule has 0 aromatic heterocycles. The third kappa shape index (κ3) is 4.54. The number of benzene rings is 6. The van der Waals surface area contributed by atoms with Crippen LogP contribution in [0.5, 0.6) is 0 Å². The molecule has 44 heavy (non-hydrogen) atoms. The molecule has 0 bridgehead atoms. The summed E-state index contributed by atoms with van der Waals surface area (Å²) in [7, 11) is 0. The van der Waals surface area contributed by atoms with Gasteiger partial charge in [-0.2, -0.15) is 0 Å². The van der Waals surface area contributed by atoms with Crippen LogP contribution in [0.15, 0.2) is 129 Å². The van der Waals surface area contributed by atoms with Crippen LogP contribution in [0.25, 0.3) is 55.3 Å². The molecule has 0 N–H and O–H groups in total. The Bertz CT molecular complexity index is 1950. The van der Waals surface area contributed by atoms with Crippen LogP contribution in [0, 0.1) is 0 Å². The highest BCUT2D eigenvalue weighted by Gasteiger charge is 2.27. The zero-order valence-corrected chi connectivity index (χ0v) is 27.8. The second-order valence-corrected chi connectivity index (χ2v) is 16.4. The Morgan fingerprint density at radius 2 is 0.682 bits per heavy atom. The fourth-order valence-corrected chi connectivity index (χ4v) is 8.95. The second kappa shape index (κ2) is 9.89. The molecule has 216 valence electrons. The molecule has 0 radical (unpaired) electrons. The summed E-state index contributed by atoms with van der Waals surface area (Å²) >= 11 is 3.84. The van der Waals surface area contributed by atoms with Crippen LogP contribution in [0.3, 0.4) is 0 Å². The van der Waals surface area contributed by atoms with Crippen molar-refractivity contribution < 1.29 is 0 Å². The van der Waals surface area contributed by atoms with Gasteiger partial charge in [-0.25, -0.2) is 0 Å². The van der Waals surface area contributed by atoms with Crippen molar-refractivity contribution in [2.45, 2.75) is 72.0 Å². The standard InChI is InChI=1S/C42H36S2/c1-41(2,3)29-13-7-25(8-14-29)27-11-17-31-33-19-20-34-32-18-12-28(26-9-15-30(16-10-26)42(4,5)6)24-38(32)44-36-22-21-35(39(33)40(34)36)43-37(31)23-27/h7-24H,1-6H3. The molecule has 0 aliphatic carbocycles. The van der Waals surface area contributed by atoms with Gasteiger partial charge in [0.05, 0.1) is 0 Å². The molecular formula is C42H36S2. The summed E-state index contributed by atoms with van der Waals surface area (Å²) in [6.45, 7) is 13.6. The van der Waals surface area contributed by atoms with E-state index in [4.69, 9.17) is 0 Å². The number of fused-ring (bicyclic) bond motifs is 4. The SMILES string of the molecule is CC(C)(C)c1ccc(-c2ccc3c(c2)Sc2ccc4c5c(ccc-3c25)-c2ccc(-c3ccc(C(C)(C)C)cc3)cc2S4)cc1. The topological polar surface area (TPSA) is 0 Å². The van der Waals surface area contributed by atoms with E-state index in [2.05, 4.69) is 151 Å². The molecule has 0 amide bonds. The summed E-state index contributed by atoms with van der Waals surface area (Å²) in [6, 6.07) is 41.7. The third-order valence-electron chi connectivity index (χ3n) is 9.24. The van der Waals surface area contributed by atoms with E-state index in [0.29, 0.717) is 0 Å². The fraction of sp³-hybridized carbons (Fsp3) is 0.190. The third-order valence-corrected chi connectivity index (χ3v) is 11.5. The van der Waals surface area contributed by atoms with Crippen LogP contribution >= 0.6 is 23.5 Å². The molecule has 2 heterocycles. The van der Waals surface area contributed by atoms with Gasteiger partial charge in [0.2, 0.25) is 0 Å². The van der Waals surface area contributed by atoms with Crippen molar-refractivity contribution in [3.05, 3.63) is 120 Å². The summed E-state index contributed by atoms with van der Waals surface area (Å²) in [5, 5.41) is 2.81. The predicted octanol–water partition coefficient (Wildman–Crippen LogP) is 13.0. The van der Waals surface area contributed by atoms with E-state index in [1.165, 1.54) is 86.0 Å².